The first-order chi connectivity index (χ1) is 16.0. The largest absolute Gasteiger partial charge is 0.305 e. The number of hydrogen-bond donors (Lipinski definition) is 0. The van der Waals surface area contributed by atoms with Crippen LogP contribution >= 0.6 is 0 Å². The van der Waals surface area contributed by atoms with Gasteiger partial charge in [0.05, 0.1) is 5.41 Å². The molecule has 4 aromatic carbocycles. The number of nitrogens with zero attached hydrogens (tertiary/aromatic N) is 2. The van der Waals surface area contributed by atoms with E-state index < -0.39 is 0 Å². The van der Waals surface area contributed by atoms with E-state index in [2.05, 4.69) is 123 Å². The Balaban J connectivity index is 1.79. The van der Waals surface area contributed by atoms with E-state index in [9.17, 15) is 0 Å². The summed E-state index contributed by atoms with van der Waals surface area (Å²) in [4.78, 5) is 4.57. The molecule has 6 rings (SSSR count). The molecule has 164 valence electrons. The summed E-state index contributed by atoms with van der Waals surface area (Å²) in [6.07, 6.45) is 0. The Hall–Kier alpha value is -3.20. The highest BCUT2D eigenvalue weighted by atomic mass is 15.1. The van der Waals surface area contributed by atoms with Crippen LogP contribution in [0.2, 0.25) is 0 Å². The van der Waals surface area contributed by atoms with Crippen LogP contribution in [0.3, 0.4) is 0 Å². The summed E-state index contributed by atoms with van der Waals surface area (Å²) in [5.41, 5.74) is 13.8. The molecular formula is C31H30N2. The number of fused-ring (bicyclic) bond motifs is 10. The van der Waals surface area contributed by atoms with Crippen LogP contribution in [0.1, 0.15) is 33.4 Å². The Morgan fingerprint density at radius 2 is 0.879 bits per heavy atom. The van der Waals surface area contributed by atoms with Crippen LogP contribution in [0.15, 0.2) is 84.9 Å². The zero-order valence-corrected chi connectivity index (χ0v) is 19.9. The maximum atomic E-state index is 2.38. The average Bonchev–Trinajstić information content (AvgIpc) is 3.27. The standard InChI is InChI=1S/C31H30N2/c1-32(2)19-21-11-9-17-27-29(21)30-22(20-33(3)4)12-10-18-28(30)31(27)25-15-7-5-13-23(25)24-14-6-8-16-26(24)31/h5-18H,19-20H2,1-4H3. The van der Waals surface area contributed by atoms with Gasteiger partial charge in [0, 0.05) is 13.1 Å². The summed E-state index contributed by atoms with van der Waals surface area (Å²) in [6, 6.07) is 32.0. The third-order valence-corrected chi connectivity index (χ3v) is 7.28. The highest BCUT2D eigenvalue weighted by Crippen LogP contribution is 2.63. The second-order valence-corrected chi connectivity index (χ2v) is 10.00. The van der Waals surface area contributed by atoms with Crippen molar-refractivity contribution in [3.05, 3.63) is 118 Å². The van der Waals surface area contributed by atoms with Gasteiger partial charge in [-0.3, -0.25) is 0 Å². The predicted octanol–water partition coefficient (Wildman–Crippen LogP) is 6.15. The topological polar surface area (TPSA) is 6.48 Å². The van der Waals surface area contributed by atoms with Crippen molar-refractivity contribution in [2.24, 2.45) is 0 Å². The van der Waals surface area contributed by atoms with E-state index >= 15 is 0 Å². The molecule has 2 aliphatic rings. The molecule has 0 aromatic heterocycles. The normalized spacial score (nSPS) is 14.5. The SMILES string of the molecule is CN(C)Cc1cccc2c1-c1c(CN(C)C)cccc1C21c2ccccc2-c2ccccc21. The molecule has 2 nitrogen and oxygen atoms in total. The minimum Gasteiger partial charge on any atom is -0.305 e. The van der Waals surface area contributed by atoms with Gasteiger partial charge < -0.3 is 9.80 Å². The Labute approximate surface area is 197 Å². The molecular weight excluding hydrogens is 400 g/mol. The molecule has 0 heterocycles. The Morgan fingerprint density at radius 3 is 1.30 bits per heavy atom. The summed E-state index contributed by atoms with van der Waals surface area (Å²) < 4.78 is 0. The number of benzene rings is 4. The highest BCUT2D eigenvalue weighted by molar-refractivity contribution is 5.96. The van der Waals surface area contributed by atoms with Gasteiger partial charge in [0.1, 0.15) is 0 Å². The molecule has 0 aliphatic heterocycles. The predicted molar refractivity (Wildman–Crippen MR) is 138 cm³/mol. The Kier molecular flexibility index (Phi) is 4.58. The van der Waals surface area contributed by atoms with Gasteiger partial charge in [0.15, 0.2) is 0 Å². The number of hydrogen-bond acceptors (Lipinski definition) is 2. The van der Waals surface area contributed by atoms with Crippen molar-refractivity contribution in [2.45, 2.75) is 18.5 Å². The van der Waals surface area contributed by atoms with Crippen LogP contribution in [-0.4, -0.2) is 38.0 Å². The average molecular weight is 431 g/mol. The van der Waals surface area contributed by atoms with E-state index in [1.54, 1.807) is 0 Å². The van der Waals surface area contributed by atoms with Crippen LogP contribution < -0.4 is 0 Å². The number of rotatable bonds is 4. The minimum absolute atomic E-state index is 0.261. The highest BCUT2D eigenvalue weighted by Gasteiger charge is 2.52. The van der Waals surface area contributed by atoms with Gasteiger partial charge in [-0.25, -0.2) is 0 Å². The zero-order valence-electron chi connectivity index (χ0n) is 19.9. The fraction of sp³-hybridized carbons (Fsp3) is 0.226. The molecule has 0 saturated carbocycles. The quantitative estimate of drug-likeness (QED) is 0.331. The molecule has 0 saturated heterocycles. The zero-order chi connectivity index (χ0) is 22.7. The molecule has 2 heteroatoms. The van der Waals surface area contributed by atoms with Crippen LogP contribution in [-0.2, 0) is 18.5 Å². The third kappa shape index (κ3) is 2.75. The summed E-state index contributed by atoms with van der Waals surface area (Å²) in [7, 11) is 8.65. The summed E-state index contributed by atoms with van der Waals surface area (Å²) in [5.74, 6) is 0. The van der Waals surface area contributed by atoms with E-state index in [4.69, 9.17) is 0 Å². The Morgan fingerprint density at radius 1 is 0.485 bits per heavy atom. The van der Waals surface area contributed by atoms with Gasteiger partial charge in [-0.05, 0) is 83.8 Å². The van der Waals surface area contributed by atoms with Gasteiger partial charge in [0.2, 0.25) is 0 Å². The lowest BCUT2D eigenvalue weighted by Gasteiger charge is -2.30. The van der Waals surface area contributed by atoms with Crippen molar-refractivity contribution in [2.75, 3.05) is 28.2 Å². The second-order valence-electron chi connectivity index (χ2n) is 10.00. The van der Waals surface area contributed by atoms with Crippen LogP contribution in [0.5, 0.6) is 0 Å². The van der Waals surface area contributed by atoms with Crippen LogP contribution in [0.25, 0.3) is 22.3 Å². The maximum absolute atomic E-state index is 2.38. The summed E-state index contributed by atoms with van der Waals surface area (Å²) in [5, 5.41) is 0. The van der Waals surface area contributed by atoms with E-state index in [1.807, 2.05) is 0 Å². The van der Waals surface area contributed by atoms with Gasteiger partial charge in [-0.1, -0.05) is 84.9 Å². The van der Waals surface area contributed by atoms with Crippen molar-refractivity contribution in [3.63, 3.8) is 0 Å². The van der Waals surface area contributed by atoms with Crippen LogP contribution in [0.4, 0.5) is 0 Å². The molecule has 4 aromatic rings. The van der Waals surface area contributed by atoms with Crippen molar-refractivity contribution < 1.29 is 0 Å². The lowest BCUT2D eigenvalue weighted by atomic mass is 9.70. The smallest absolute Gasteiger partial charge is 0.0725 e. The fourth-order valence-electron chi connectivity index (χ4n) is 6.32. The van der Waals surface area contributed by atoms with Crippen molar-refractivity contribution in [3.8, 4) is 22.3 Å². The van der Waals surface area contributed by atoms with Crippen molar-refractivity contribution in [1.82, 2.24) is 9.80 Å². The molecule has 33 heavy (non-hydrogen) atoms. The van der Waals surface area contributed by atoms with E-state index in [-0.39, 0.29) is 5.41 Å². The van der Waals surface area contributed by atoms with Crippen molar-refractivity contribution in [1.29, 1.82) is 0 Å². The monoisotopic (exact) mass is 430 g/mol. The lowest BCUT2D eigenvalue weighted by molar-refractivity contribution is 0.401. The summed E-state index contributed by atoms with van der Waals surface area (Å²) >= 11 is 0. The van der Waals surface area contributed by atoms with Gasteiger partial charge >= 0.3 is 0 Å². The maximum Gasteiger partial charge on any atom is 0.0725 e. The van der Waals surface area contributed by atoms with E-state index in [0.29, 0.717) is 0 Å². The van der Waals surface area contributed by atoms with E-state index in [1.165, 1.54) is 55.6 Å². The molecule has 0 fully saturated rings. The van der Waals surface area contributed by atoms with Crippen LogP contribution in [0, 0.1) is 0 Å². The molecule has 0 N–H and O–H groups in total. The first-order valence-electron chi connectivity index (χ1n) is 11.8. The van der Waals surface area contributed by atoms with Gasteiger partial charge in [-0.15, -0.1) is 0 Å². The first-order valence-corrected chi connectivity index (χ1v) is 11.8. The molecule has 0 unspecified atom stereocenters. The van der Waals surface area contributed by atoms with Gasteiger partial charge in [-0.2, -0.15) is 0 Å². The second kappa shape index (κ2) is 7.41. The fourth-order valence-corrected chi connectivity index (χ4v) is 6.32. The molecule has 2 aliphatic carbocycles. The molecule has 0 amide bonds. The van der Waals surface area contributed by atoms with E-state index in [0.717, 1.165) is 13.1 Å². The molecule has 1 spiro atoms. The molecule has 0 bridgehead atoms. The third-order valence-electron chi connectivity index (χ3n) is 7.28. The molecule has 0 radical (unpaired) electrons. The lowest BCUT2D eigenvalue weighted by Crippen LogP contribution is -2.26. The van der Waals surface area contributed by atoms with Crippen molar-refractivity contribution >= 4 is 0 Å². The molecule has 0 atom stereocenters. The first kappa shape index (κ1) is 20.4. The Bertz CT molecular complexity index is 1270. The minimum atomic E-state index is -0.261. The van der Waals surface area contributed by atoms with Gasteiger partial charge in [0.25, 0.3) is 0 Å². The summed E-state index contributed by atoms with van der Waals surface area (Å²) in [6.45, 7) is 1.86.